The van der Waals surface area contributed by atoms with E-state index in [9.17, 15) is 9.59 Å². The Balaban J connectivity index is 1.04. The van der Waals surface area contributed by atoms with E-state index >= 15 is 0 Å². The second-order valence-corrected chi connectivity index (χ2v) is 9.30. The zero-order chi connectivity index (χ0) is 30.4. The number of rotatable bonds is 24. The largest absolute Gasteiger partial charge is 0.460 e. The first-order valence-corrected chi connectivity index (χ1v) is 14.5. The molecule has 0 saturated carbocycles. The van der Waals surface area contributed by atoms with Crippen molar-refractivity contribution in [3.8, 4) is 11.1 Å². The van der Waals surface area contributed by atoms with Crippen LogP contribution in [0.1, 0.15) is 17.0 Å². The molecule has 3 rings (SSSR count). The standard InChI is InChI=1S/C32H43NO10/c1-2-31(34)42-24-23-41-22-21-40-20-19-39-18-17-38-16-15-37-14-13-36-12-11-33-32(35)43-25-30-28-9-5-3-7-26(28)27-8-4-6-10-29(27)30/h2-10,30H,1,11-25H2,(H,33,35). The number of nitrogens with one attached hydrogen (secondary N) is 1. The van der Waals surface area contributed by atoms with Gasteiger partial charge in [-0.25, -0.2) is 9.59 Å². The van der Waals surface area contributed by atoms with Crippen LogP contribution in [0.5, 0.6) is 0 Å². The lowest BCUT2D eigenvalue weighted by Crippen LogP contribution is -2.29. The van der Waals surface area contributed by atoms with Crippen LogP contribution >= 0.6 is 0 Å². The molecule has 11 nitrogen and oxygen atoms in total. The Hall–Kier alpha value is -3.32. The Labute approximate surface area is 253 Å². The number of alkyl carbamates (subject to hydrolysis) is 1. The summed E-state index contributed by atoms with van der Waals surface area (Å²) in [6.07, 6.45) is 0.655. The Bertz CT molecular complexity index is 1050. The van der Waals surface area contributed by atoms with E-state index < -0.39 is 12.1 Å². The smallest absolute Gasteiger partial charge is 0.407 e. The number of hydrogen-bond acceptors (Lipinski definition) is 10. The number of carbonyl (C=O) groups is 2. The Kier molecular flexibility index (Phi) is 17.0. The van der Waals surface area contributed by atoms with E-state index in [1.807, 2.05) is 24.3 Å². The third-order valence-corrected chi connectivity index (χ3v) is 6.36. The van der Waals surface area contributed by atoms with E-state index in [-0.39, 0.29) is 19.1 Å². The van der Waals surface area contributed by atoms with Crippen molar-refractivity contribution in [2.75, 3.05) is 99.0 Å². The van der Waals surface area contributed by atoms with Crippen LogP contribution < -0.4 is 5.32 Å². The minimum Gasteiger partial charge on any atom is -0.460 e. The molecule has 2 aromatic rings. The SMILES string of the molecule is C=CC(=O)OCCOCCOCCOCCOCCOCCOCCNC(=O)OCC1c2ccccc2-c2ccccc21. The van der Waals surface area contributed by atoms with Crippen LogP contribution in [0.2, 0.25) is 0 Å². The molecule has 0 heterocycles. The highest BCUT2D eigenvalue weighted by Gasteiger charge is 2.28. The van der Waals surface area contributed by atoms with Crippen molar-refractivity contribution in [1.29, 1.82) is 0 Å². The van der Waals surface area contributed by atoms with Gasteiger partial charge >= 0.3 is 12.1 Å². The predicted molar refractivity (Wildman–Crippen MR) is 159 cm³/mol. The van der Waals surface area contributed by atoms with Crippen molar-refractivity contribution in [2.45, 2.75) is 5.92 Å². The molecule has 11 heteroatoms. The minimum atomic E-state index is -0.463. The van der Waals surface area contributed by atoms with Gasteiger partial charge in [0.1, 0.15) is 13.2 Å². The average Bonchev–Trinajstić information content (AvgIpc) is 3.35. The van der Waals surface area contributed by atoms with Crippen LogP contribution in [0.15, 0.2) is 61.2 Å². The summed E-state index contributed by atoms with van der Waals surface area (Å²) in [5.41, 5.74) is 4.76. The van der Waals surface area contributed by atoms with E-state index in [0.29, 0.717) is 85.8 Å². The van der Waals surface area contributed by atoms with Crippen molar-refractivity contribution >= 4 is 12.1 Å². The van der Waals surface area contributed by atoms with Gasteiger partial charge in [0.25, 0.3) is 0 Å². The normalized spacial score (nSPS) is 12.0. The first-order chi connectivity index (χ1) is 21.2. The summed E-state index contributed by atoms with van der Waals surface area (Å²) < 4.78 is 42.8. The summed E-state index contributed by atoms with van der Waals surface area (Å²) in [5.74, 6) is -0.426. The lowest BCUT2D eigenvalue weighted by Gasteiger charge is -2.14. The molecule has 1 amide bonds. The average molecular weight is 602 g/mol. The first kappa shape index (κ1) is 34.2. The molecule has 43 heavy (non-hydrogen) atoms. The fourth-order valence-electron chi connectivity index (χ4n) is 4.34. The van der Waals surface area contributed by atoms with Crippen molar-refractivity contribution in [3.63, 3.8) is 0 Å². The van der Waals surface area contributed by atoms with Gasteiger partial charge in [0.2, 0.25) is 0 Å². The van der Waals surface area contributed by atoms with Crippen LogP contribution in [-0.2, 0) is 42.7 Å². The predicted octanol–water partition coefficient (Wildman–Crippen LogP) is 3.35. The molecule has 0 radical (unpaired) electrons. The summed E-state index contributed by atoms with van der Waals surface area (Å²) in [6.45, 7) is 9.30. The molecule has 0 fully saturated rings. The summed E-state index contributed by atoms with van der Waals surface area (Å²) >= 11 is 0. The summed E-state index contributed by atoms with van der Waals surface area (Å²) in [4.78, 5) is 23.0. The number of benzene rings is 2. The lowest BCUT2D eigenvalue weighted by atomic mass is 9.98. The number of carbonyl (C=O) groups excluding carboxylic acids is 2. The second-order valence-electron chi connectivity index (χ2n) is 9.30. The van der Waals surface area contributed by atoms with E-state index in [2.05, 4.69) is 36.2 Å². The molecule has 0 saturated heterocycles. The zero-order valence-electron chi connectivity index (χ0n) is 24.7. The van der Waals surface area contributed by atoms with Crippen molar-refractivity contribution in [2.24, 2.45) is 0 Å². The number of esters is 1. The van der Waals surface area contributed by atoms with Crippen LogP contribution in [-0.4, -0.2) is 111 Å². The van der Waals surface area contributed by atoms with Crippen LogP contribution in [0.4, 0.5) is 4.79 Å². The molecule has 1 aliphatic rings. The maximum atomic E-state index is 12.2. The first-order valence-electron chi connectivity index (χ1n) is 14.5. The monoisotopic (exact) mass is 601 g/mol. The zero-order valence-corrected chi connectivity index (χ0v) is 24.7. The van der Waals surface area contributed by atoms with Crippen molar-refractivity contribution in [3.05, 3.63) is 72.3 Å². The number of hydrogen-bond donors (Lipinski definition) is 1. The maximum absolute atomic E-state index is 12.2. The van der Waals surface area contributed by atoms with Gasteiger partial charge in [0.15, 0.2) is 0 Å². The maximum Gasteiger partial charge on any atom is 0.407 e. The van der Waals surface area contributed by atoms with Gasteiger partial charge in [-0.3, -0.25) is 0 Å². The molecule has 0 bridgehead atoms. The van der Waals surface area contributed by atoms with Gasteiger partial charge in [0.05, 0.1) is 79.3 Å². The third kappa shape index (κ3) is 13.2. The van der Waals surface area contributed by atoms with Crippen LogP contribution in [0.3, 0.4) is 0 Å². The van der Waals surface area contributed by atoms with Gasteiger partial charge < -0.3 is 43.2 Å². The van der Waals surface area contributed by atoms with Gasteiger partial charge in [-0.15, -0.1) is 0 Å². The highest BCUT2D eigenvalue weighted by molar-refractivity contribution is 5.81. The molecule has 236 valence electrons. The molecule has 1 N–H and O–H groups in total. The molecule has 0 aliphatic heterocycles. The lowest BCUT2D eigenvalue weighted by molar-refractivity contribution is -0.139. The number of ether oxygens (including phenoxy) is 8. The number of fused-ring (bicyclic) bond motifs is 3. The minimum absolute atomic E-state index is 0.0368. The summed E-state index contributed by atoms with van der Waals surface area (Å²) in [5, 5.41) is 2.73. The van der Waals surface area contributed by atoms with Crippen molar-refractivity contribution < 1.29 is 47.5 Å². The van der Waals surface area contributed by atoms with E-state index in [1.54, 1.807) is 0 Å². The molecule has 0 unspecified atom stereocenters. The highest BCUT2D eigenvalue weighted by Crippen LogP contribution is 2.44. The quantitative estimate of drug-likeness (QED) is 0.109. The Morgan fingerprint density at radius 3 is 1.49 bits per heavy atom. The molecule has 0 aromatic heterocycles. The Morgan fingerprint density at radius 2 is 1.02 bits per heavy atom. The van der Waals surface area contributed by atoms with Gasteiger partial charge in [-0.1, -0.05) is 55.1 Å². The van der Waals surface area contributed by atoms with Gasteiger partial charge in [-0.05, 0) is 22.3 Å². The van der Waals surface area contributed by atoms with E-state index in [1.165, 1.54) is 22.3 Å². The molecular formula is C32H43NO10. The summed E-state index contributed by atoms with van der Waals surface area (Å²) in [6, 6.07) is 16.5. The fraction of sp³-hybridized carbons (Fsp3) is 0.500. The van der Waals surface area contributed by atoms with Crippen molar-refractivity contribution in [1.82, 2.24) is 5.32 Å². The summed E-state index contributed by atoms with van der Waals surface area (Å²) in [7, 11) is 0. The van der Waals surface area contributed by atoms with Crippen LogP contribution in [0, 0.1) is 0 Å². The molecule has 0 atom stereocenters. The van der Waals surface area contributed by atoms with Gasteiger partial charge in [0, 0.05) is 18.5 Å². The number of amides is 1. The molecule has 1 aliphatic carbocycles. The van der Waals surface area contributed by atoms with E-state index in [0.717, 1.165) is 6.08 Å². The topological polar surface area (TPSA) is 120 Å². The Morgan fingerprint density at radius 1 is 0.605 bits per heavy atom. The van der Waals surface area contributed by atoms with Crippen LogP contribution in [0.25, 0.3) is 11.1 Å². The third-order valence-electron chi connectivity index (χ3n) is 6.36. The molecule has 0 spiro atoms. The molecule has 2 aromatic carbocycles. The van der Waals surface area contributed by atoms with E-state index in [4.69, 9.17) is 37.9 Å². The fourth-order valence-corrected chi connectivity index (χ4v) is 4.34. The highest BCUT2D eigenvalue weighted by atomic mass is 16.6. The second kappa shape index (κ2) is 21.4. The molecular weight excluding hydrogens is 558 g/mol. The van der Waals surface area contributed by atoms with Gasteiger partial charge in [-0.2, -0.15) is 0 Å².